The maximum atomic E-state index is 12.7. The van der Waals surface area contributed by atoms with Crippen LogP contribution in [-0.4, -0.2) is 48.1 Å². The van der Waals surface area contributed by atoms with Crippen molar-refractivity contribution in [2.75, 3.05) is 20.0 Å². The Hall–Kier alpha value is -3.46. The molecule has 182 valence electrons. The lowest BCUT2D eigenvalue weighted by Gasteiger charge is -2.17. The molecule has 0 saturated heterocycles. The van der Waals surface area contributed by atoms with Crippen LogP contribution in [0.3, 0.4) is 0 Å². The molecule has 0 bridgehead atoms. The van der Waals surface area contributed by atoms with Crippen molar-refractivity contribution < 1.29 is 34.0 Å². The minimum absolute atomic E-state index is 0.0213. The van der Waals surface area contributed by atoms with E-state index in [1.807, 2.05) is 0 Å². The lowest BCUT2D eigenvalue weighted by molar-refractivity contribution is -0.139. The molecule has 1 aliphatic rings. The molecule has 35 heavy (non-hydrogen) atoms. The first-order valence-electron chi connectivity index (χ1n) is 10.6. The number of carbonyl (C=O) groups is 2. The summed E-state index contributed by atoms with van der Waals surface area (Å²) in [4.78, 5) is 24.5. The highest BCUT2D eigenvalue weighted by atomic mass is 35.5. The van der Waals surface area contributed by atoms with Gasteiger partial charge in [0.2, 0.25) is 6.79 Å². The standard InChI is InChI=1S/C25H21Cl2NO7/c26-16-2-1-3-17(27)22(16)24(30)28-18(25(31)32)12-14-4-6-15(7-5-14)21-19(33-11-10-29)8-9-20-23(21)35-13-34-20/h1-9,18,29H,10-13H2,(H,28,30)(H,31,32)/t18-/m0/s1. The second kappa shape index (κ2) is 10.9. The maximum Gasteiger partial charge on any atom is 0.326 e. The van der Waals surface area contributed by atoms with Gasteiger partial charge in [0.1, 0.15) is 18.4 Å². The number of rotatable bonds is 9. The number of halogens is 2. The zero-order valence-electron chi connectivity index (χ0n) is 18.3. The van der Waals surface area contributed by atoms with E-state index < -0.39 is 17.9 Å². The molecule has 3 aromatic carbocycles. The first kappa shape index (κ1) is 24.7. The summed E-state index contributed by atoms with van der Waals surface area (Å²) in [5.41, 5.74) is 2.11. The van der Waals surface area contributed by atoms with Gasteiger partial charge < -0.3 is 29.7 Å². The van der Waals surface area contributed by atoms with Crippen LogP contribution in [0.2, 0.25) is 10.0 Å². The smallest absolute Gasteiger partial charge is 0.326 e. The maximum absolute atomic E-state index is 12.7. The van der Waals surface area contributed by atoms with Crippen LogP contribution >= 0.6 is 23.2 Å². The van der Waals surface area contributed by atoms with Gasteiger partial charge in [0, 0.05) is 6.42 Å². The highest BCUT2D eigenvalue weighted by molar-refractivity contribution is 6.39. The molecule has 0 radical (unpaired) electrons. The fourth-order valence-corrected chi connectivity index (χ4v) is 4.26. The highest BCUT2D eigenvalue weighted by Crippen LogP contribution is 2.47. The number of carboxylic acid groups (broad SMARTS) is 1. The highest BCUT2D eigenvalue weighted by Gasteiger charge is 2.25. The molecule has 4 rings (SSSR count). The van der Waals surface area contributed by atoms with Crippen molar-refractivity contribution in [1.29, 1.82) is 0 Å². The predicted octanol–water partition coefficient (Wildman–Crippen LogP) is 4.19. The second-order valence-electron chi connectivity index (χ2n) is 7.61. The summed E-state index contributed by atoms with van der Waals surface area (Å²) in [6, 6.07) is 14.0. The van der Waals surface area contributed by atoms with Crippen LogP contribution in [0.4, 0.5) is 0 Å². The van der Waals surface area contributed by atoms with Crippen molar-refractivity contribution in [3.8, 4) is 28.4 Å². The average Bonchev–Trinajstić information content (AvgIpc) is 3.31. The van der Waals surface area contributed by atoms with E-state index >= 15 is 0 Å². The number of nitrogens with one attached hydrogen (secondary N) is 1. The molecular formula is C25H21Cl2NO7. The molecule has 1 aliphatic heterocycles. The number of benzene rings is 3. The molecule has 0 saturated carbocycles. The molecule has 0 fully saturated rings. The molecule has 0 unspecified atom stereocenters. The molecule has 3 aromatic rings. The number of fused-ring (bicyclic) bond motifs is 1. The third kappa shape index (κ3) is 5.45. The largest absolute Gasteiger partial charge is 0.490 e. The number of aliphatic carboxylic acids is 1. The molecule has 0 aliphatic carbocycles. The molecule has 1 heterocycles. The van der Waals surface area contributed by atoms with Crippen LogP contribution in [0.15, 0.2) is 54.6 Å². The van der Waals surface area contributed by atoms with Gasteiger partial charge in [0.05, 0.1) is 27.8 Å². The molecular weight excluding hydrogens is 497 g/mol. The van der Waals surface area contributed by atoms with Gasteiger partial charge in [-0.05, 0) is 35.4 Å². The lowest BCUT2D eigenvalue weighted by atomic mass is 9.98. The summed E-state index contributed by atoms with van der Waals surface area (Å²) in [7, 11) is 0. The number of carboxylic acids is 1. The Labute approximate surface area is 211 Å². The number of aliphatic hydroxyl groups excluding tert-OH is 1. The quantitative estimate of drug-likeness (QED) is 0.389. The fraction of sp³-hybridized carbons (Fsp3) is 0.200. The van der Waals surface area contributed by atoms with E-state index in [-0.39, 0.29) is 42.0 Å². The number of amides is 1. The van der Waals surface area contributed by atoms with E-state index in [4.69, 9.17) is 42.5 Å². The van der Waals surface area contributed by atoms with Crippen molar-refractivity contribution >= 4 is 35.1 Å². The minimum Gasteiger partial charge on any atom is -0.490 e. The minimum atomic E-state index is -1.21. The molecule has 0 spiro atoms. The zero-order valence-corrected chi connectivity index (χ0v) is 19.8. The summed E-state index contributed by atoms with van der Waals surface area (Å²) in [6.45, 7) is 0.0496. The van der Waals surface area contributed by atoms with Gasteiger partial charge in [-0.15, -0.1) is 0 Å². The van der Waals surface area contributed by atoms with Crippen LogP contribution in [0, 0.1) is 0 Å². The first-order valence-corrected chi connectivity index (χ1v) is 11.4. The molecule has 1 atom stereocenters. The number of carbonyl (C=O) groups excluding carboxylic acids is 1. The molecule has 10 heteroatoms. The summed E-state index contributed by atoms with van der Waals surface area (Å²) in [5, 5.41) is 21.6. The Morgan fingerprint density at radius 2 is 1.74 bits per heavy atom. The molecule has 8 nitrogen and oxygen atoms in total. The summed E-state index contributed by atoms with van der Waals surface area (Å²) in [6.07, 6.45) is 0.0316. The van der Waals surface area contributed by atoms with Gasteiger partial charge in [-0.3, -0.25) is 4.79 Å². The third-order valence-electron chi connectivity index (χ3n) is 5.33. The SMILES string of the molecule is O=C(N[C@@H](Cc1ccc(-c2c(OCCO)ccc3c2OCO3)cc1)C(=O)O)c1c(Cl)cccc1Cl. The van der Waals surface area contributed by atoms with Gasteiger partial charge >= 0.3 is 5.97 Å². The van der Waals surface area contributed by atoms with Crippen LogP contribution < -0.4 is 19.5 Å². The summed E-state index contributed by atoms with van der Waals surface area (Å²) in [5.74, 6) is -0.250. The predicted molar refractivity (Wildman–Crippen MR) is 130 cm³/mol. The Morgan fingerprint density at radius 1 is 1.03 bits per heavy atom. The summed E-state index contributed by atoms with van der Waals surface area (Å²) >= 11 is 12.1. The molecule has 3 N–H and O–H groups in total. The van der Waals surface area contributed by atoms with Gasteiger partial charge in [-0.25, -0.2) is 4.79 Å². The Morgan fingerprint density at radius 3 is 2.40 bits per heavy atom. The summed E-state index contributed by atoms with van der Waals surface area (Å²) < 4.78 is 16.8. The molecule has 1 amide bonds. The topological polar surface area (TPSA) is 114 Å². The average molecular weight is 518 g/mol. The van der Waals surface area contributed by atoms with E-state index in [2.05, 4.69) is 5.32 Å². The monoisotopic (exact) mass is 517 g/mol. The van der Waals surface area contributed by atoms with Crippen molar-refractivity contribution in [2.24, 2.45) is 0 Å². The number of hydrogen-bond donors (Lipinski definition) is 3. The van der Waals surface area contributed by atoms with E-state index in [1.165, 1.54) is 12.1 Å². The fourth-order valence-electron chi connectivity index (χ4n) is 3.69. The van der Waals surface area contributed by atoms with E-state index in [0.717, 1.165) is 5.56 Å². The Kier molecular flexibility index (Phi) is 7.65. The number of ether oxygens (including phenoxy) is 3. The van der Waals surface area contributed by atoms with Crippen LogP contribution in [0.25, 0.3) is 11.1 Å². The second-order valence-corrected chi connectivity index (χ2v) is 8.42. The van der Waals surface area contributed by atoms with Crippen LogP contribution in [-0.2, 0) is 11.2 Å². The number of aliphatic hydroxyl groups is 1. The first-order chi connectivity index (χ1) is 16.9. The van der Waals surface area contributed by atoms with Gasteiger partial charge in [0.25, 0.3) is 5.91 Å². The Balaban J connectivity index is 1.55. The van der Waals surface area contributed by atoms with E-state index in [1.54, 1.807) is 42.5 Å². The van der Waals surface area contributed by atoms with Crippen molar-refractivity contribution in [2.45, 2.75) is 12.5 Å². The van der Waals surface area contributed by atoms with Crippen LogP contribution in [0.1, 0.15) is 15.9 Å². The molecule has 0 aromatic heterocycles. The van der Waals surface area contributed by atoms with Gasteiger partial charge in [-0.1, -0.05) is 53.5 Å². The third-order valence-corrected chi connectivity index (χ3v) is 5.96. The zero-order chi connectivity index (χ0) is 24.9. The van der Waals surface area contributed by atoms with E-state index in [0.29, 0.717) is 28.4 Å². The lowest BCUT2D eigenvalue weighted by Crippen LogP contribution is -2.42. The van der Waals surface area contributed by atoms with Gasteiger partial charge in [0.15, 0.2) is 11.5 Å². The van der Waals surface area contributed by atoms with Gasteiger partial charge in [-0.2, -0.15) is 0 Å². The van der Waals surface area contributed by atoms with Crippen molar-refractivity contribution in [3.63, 3.8) is 0 Å². The Bertz CT molecular complexity index is 1230. The van der Waals surface area contributed by atoms with E-state index in [9.17, 15) is 14.7 Å². The normalized spacial score (nSPS) is 12.8. The van der Waals surface area contributed by atoms with Crippen molar-refractivity contribution in [3.05, 3.63) is 75.8 Å². The van der Waals surface area contributed by atoms with Crippen molar-refractivity contribution in [1.82, 2.24) is 5.32 Å². The number of hydrogen-bond acceptors (Lipinski definition) is 6. The van der Waals surface area contributed by atoms with Crippen LogP contribution in [0.5, 0.6) is 17.2 Å².